The minimum absolute atomic E-state index is 0.124. The van der Waals surface area contributed by atoms with Crippen LogP contribution >= 0.6 is 0 Å². The van der Waals surface area contributed by atoms with Gasteiger partial charge in [-0.05, 0) is 30.5 Å². The van der Waals surface area contributed by atoms with Crippen LogP contribution in [0.3, 0.4) is 0 Å². The summed E-state index contributed by atoms with van der Waals surface area (Å²) in [7, 11) is 0. The SMILES string of the molecule is O=C(O)C1CCCCCN1C(=O)Cc1ccc(F)c(F)c1. The van der Waals surface area contributed by atoms with Crippen molar-refractivity contribution in [2.45, 2.75) is 38.1 Å². The normalized spacial score (nSPS) is 19.1. The van der Waals surface area contributed by atoms with E-state index in [1.165, 1.54) is 11.0 Å². The lowest BCUT2D eigenvalue weighted by atomic mass is 10.1. The van der Waals surface area contributed by atoms with Gasteiger partial charge in [0, 0.05) is 6.54 Å². The van der Waals surface area contributed by atoms with E-state index < -0.39 is 23.6 Å². The molecule has 2 rings (SSSR count). The smallest absolute Gasteiger partial charge is 0.326 e. The van der Waals surface area contributed by atoms with Crippen molar-refractivity contribution < 1.29 is 23.5 Å². The summed E-state index contributed by atoms with van der Waals surface area (Å²) in [5, 5.41) is 9.23. The number of hydrogen-bond acceptors (Lipinski definition) is 2. The zero-order chi connectivity index (χ0) is 15.4. The molecule has 114 valence electrons. The van der Waals surface area contributed by atoms with Gasteiger partial charge in [0.1, 0.15) is 6.04 Å². The first-order valence-corrected chi connectivity index (χ1v) is 6.95. The van der Waals surface area contributed by atoms with E-state index in [-0.39, 0.29) is 12.3 Å². The van der Waals surface area contributed by atoms with Gasteiger partial charge in [0.2, 0.25) is 5.91 Å². The first-order valence-electron chi connectivity index (χ1n) is 6.95. The number of aliphatic carboxylic acids is 1. The van der Waals surface area contributed by atoms with Crippen molar-refractivity contribution in [3.05, 3.63) is 35.4 Å². The Balaban J connectivity index is 2.12. The summed E-state index contributed by atoms with van der Waals surface area (Å²) in [5.41, 5.74) is 0.340. The number of rotatable bonds is 3. The minimum Gasteiger partial charge on any atom is -0.480 e. The number of carbonyl (C=O) groups excluding carboxylic acids is 1. The second kappa shape index (κ2) is 6.65. The summed E-state index contributed by atoms with van der Waals surface area (Å²) in [6.45, 7) is 0.388. The predicted molar refractivity (Wildman–Crippen MR) is 71.7 cm³/mol. The average molecular weight is 297 g/mol. The fourth-order valence-electron chi connectivity index (χ4n) is 2.59. The number of amides is 1. The molecule has 4 nitrogen and oxygen atoms in total. The third-order valence-corrected chi connectivity index (χ3v) is 3.70. The summed E-state index contributed by atoms with van der Waals surface area (Å²) in [5.74, 6) is -3.36. The molecule has 0 spiro atoms. The van der Waals surface area contributed by atoms with E-state index in [1.54, 1.807) is 0 Å². The van der Waals surface area contributed by atoms with Gasteiger partial charge >= 0.3 is 5.97 Å². The summed E-state index contributed by atoms with van der Waals surface area (Å²) in [6, 6.07) is 2.45. The predicted octanol–water partition coefficient (Wildman–Crippen LogP) is 2.36. The molecule has 1 amide bonds. The van der Waals surface area contributed by atoms with E-state index in [2.05, 4.69) is 0 Å². The van der Waals surface area contributed by atoms with Crippen LogP contribution in [0, 0.1) is 11.6 Å². The number of benzene rings is 1. The highest BCUT2D eigenvalue weighted by atomic mass is 19.2. The Bertz CT molecular complexity index is 548. The Morgan fingerprint density at radius 1 is 1.19 bits per heavy atom. The number of nitrogens with zero attached hydrogens (tertiary/aromatic N) is 1. The fourth-order valence-corrected chi connectivity index (χ4v) is 2.59. The maximum Gasteiger partial charge on any atom is 0.326 e. The van der Waals surface area contributed by atoms with Gasteiger partial charge in [0.15, 0.2) is 11.6 Å². The standard InChI is InChI=1S/C15H17F2NO3/c16-11-6-5-10(8-12(11)17)9-14(19)18-7-3-1-2-4-13(18)15(20)21/h5-6,8,13H,1-4,7,9H2,(H,20,21). The van der Waals surface area contributed by atoms with Crippen molar-refractivity contribution in [1.82, 2.24) is 4.90 Å². The molecular formula is C15H17F2NO3. The van der Waals surface area contributed by atoms with Crippen molar-refractivity contribution in [3.8, 4) is 0 Å². The Morgan fingerprint density at radius 2 is 1.95 bits per heavy atom. The van der Waals surface area contributed by atoms with Crippen molar-refractivity contribution in [2.75, 3.05) is 6.54 Å². The van der Waals surface area contributed by atoms with Crippen molar-refractivity contribution >= 4 is 11.9 Å². The molecule has 1 unspecified atom stereocenters. The first-order chi connectivity index (χ1) is 9.99. The Morgan fingerprint density at radius 3 is 2.62 bits per heavy atom. The number of carboxylic acids is 1. The van der Waals surface area contributed by atoms with Crippen LogP contribution in [0.4, 0.5) is 8.78 Å². The summed E-state index contributed by atoms with van der Waals surface area (Å²) < 4.78 is 26.0. The quantitative estimate of drug-likeness (QED) is 0.932. The molecule has 1 aromatic carbocycles. The van der Waals surface area contributed by atoms with Crippen LogP contribution in [0.25, 0.3) is 0 Å². The minimum atomic E-state index is -1.02. The van der Waals surface area contributed by atoms with Crippen LogP contribution in [0.1, 0.15) is 31.2 Å². The second-order valence-electron chi connectivity index (χ2n) is 5.22. The summed E-state index contributed by atoms with van der Waals surface area (Å²) >= 11 is 0. The van der Waals surface area contributed by atoms with Crippen LogP contribution in [0.5, 0.6) is 0 Å². The molecule has 1 atom stereocenters. The van der Waals surface area contributed by atoms with Gasteiger partial charge in [-0.25, -0.2) is 13.6 Å². The summed E-state index contributed by atoms with van der Waals surface area (Å²) in [4.78, 5) is 24.9. The second-order valence-corrected chi connectivity index (χ2v) is 5.22. The highest BCUT2D eigenvalue weighted by Crippen LogP contribution is 2.19. The van der Waals surface area contributed by atoms with Gasteiger partial charge in [-0.1, -0.05) is 18.9 Å². The van der Waals surface area contributed by atoms with E-state index in [0.717, 1.165) is 31.4 Å². The molecule has 1 heterocycles. The molecule has 1 fully saturated rings. The molecule has 21 heavy (non-hydrogen) atoms. The molecule has 1 aromatic rings. The topological polar surface area (TPSA) is 57.6 Å². The maximum absolute atomic E-state index is 13.1. The lowest BCUT2D eigenvalue weighted by Crippen LogP contribution is -2.45. The van der Waals surface area contributed by atoms with Crippen molar-refractivity contribution in [3.63, 3.8) is 0 Å². The number of carbonyl (C=O) groups is 2. The third kappa shape index (κ3) is 3.77. The number of hydrogen-bond donors (Lipinski definition) is 1. The molecule has 0 aliphatic carbocycles. The van der Waals surface area contributed by atoms with Crippen LogP contribution < -0.4 is 0 Å². The Kier molecular flexibility index (Phi) is 4.88. The molecule has 0 saturated carbocycles. The Labute approximate surface area is 121 Å². The molecular weight excluding hydrogens is 280 g/mol. The van der Waals surface area contributed by atoms with Gasteiger partial charge in [-0.15, -0.1) is 0 Å². The fraction of sp³-hybridized carbons (Fsp3) is 0.467. The van der Waals surface area contributed by atoms with E-state index in [0.29, 0.717) is 18.5 Å². The van der Waals surface area contributed by atoms with Gasteiger partial charge < -0.3 is 10.0 Å². The van der Waals surface area contributed by atoms with Gasteiger partial charge in [-0.3, -0.25) is 4.79 Å². The highest BCUT2D eigenvalue weighted by molar-refractivity contribution is 5.85. The van der Waals surface area contributed by atoms with E-state index in [9.17, 15) is 23.5 Å². The Hall–Kier alpha value is -1.98. The molecule has 1 aliphatic heterocycles. The number of likely N-dealkylation sites (tertiary alicyclic amines) is 1. The zero-order valence-corrected chi connectivity index (χ0v) is 11.5. The molecule has 0 aromatic heterocycles. The largest absolute Gasteiger partial charge is 0.480 e. The van der Waals surface area contributed by atoms with E-state index in [4.69, 9.17) is 0 Å². The average Bonchev–Trinajstić information content (AvgIpc) is 2.68. The molecule has 1 saturated heterocycles. The van der Waals surface area contributed by atoms with E-state index >= 15 is 0 Å². The number of carboxylic acid groups (broad SMARTS) is 1. The van der Waals surface area contributed by atoms with Gasteiger partial charge in [0.05, 0.1) is 6.42 Å². The highest BCUT2D eigenvalue weighted by Gasteiger charge is 2.30. The van der Waals surface area contributed by atoms with Crippen LogP contribution in [-0.4, -0.2) is 34.5 Å². The maximum atomic E-state index is 13.1. The number of halogens is 2. The lowest BCUT2D eigenvalue weighted by molar-refractivity contribution is -0.150. The summed E-state index contributed by atoms with van der Waals surface area (Å²) in [6.07, 6.45) is 2.72. The molecule has 6 heteroatoms. The monoisotopic (exact) mass is 297 g/mol. The molecule has 0 bridgehead atoms. The lowest BCUT2D eigenvalue weighted by Gasteiger charge is -2.27. The van der Waals surface area contributed by atoms with Gasteiger partial charge in [-0.2, -0.15) is 0 Å². The van der Waals surface area contributed by atoms with Gasteiger partial charge in [0.25, 0.3) is 0 Å². The molecule has 0 radical (unpaired) electrons. The van der Waals surface area contributed by atoms with Crippen LogP contribution in [0.15, 0.2) is 18.2 Å². The molecule has 1 aliphatic rings. The van der Waals surface area contributed by atoms with Crippen molar-refractivity contribution in [1.29, 1.82) is 0 Å². The third-order valence-electron chi connectivity index (χ3n) is 3.70. The first kappa shape index (κ1) is 15.4. The van der Waals surface area contributed by atoms with Crippen molar-refractivity contribution in [2.24, 2.45) is 0 Å². The van der Waals surface area contributed by atoms with E-state index in [1.807, 2.05) is 0 Å². The van der Waals surface area contributed by atoms with Crippen LogP contribution in [0.2, 0.25) is 0 Å². The zero-order valence-electron chi connectivity index (χ0n) is 11.5. The van der Waals surface area contributed by atoms with Crippen LogP contribution in [-0.2, 0) is 16.0 Å². The molecule has 1 N–H and O–H groups in total.